The van der Waals surface area contributed by atoms with E-state index in [0.717, 1.165) is 15.6 Å². The Morgan fingerprint density at radius 1 is 1.15 bits per heavy atom. The van der Waals surface area contributed by atoms with Gasteiger partial charge in [-0.2, -0.15) is 0 Å². The summed E-state index contributed by atoms with van der Waals surface area (Å²) in [7, 11) is 1.33. The minimum absolute atomic E-state index is 0.202. The summed E-state index contributed by atoms with van der Waals surface area (Å²) in [6.07, 6.45) is 1.74. The van der Waals surface area contributed by atoms with Crippen molar-refractivity contribution in [3.05, 3.63) is 87.0 Å². The molecule has 1 unspecified atom stereocenters. The molecule has 1 aliphatic rings. The van der Waals surface area contributed by atoms with Gasteiger partial charge in [0.25, 0.3) is 5.91 Å². The van der Waals surface area contributed by atoms with Crippen molar-refractivity contribution < 1.29 is 14.3 Å². The summed E-state index contributed by atoms with van der Waals surface area (Å²) < 4.78 is 5.85. The maximum Gasteiger partial charge on any atom is 0.340 e. The van der Waals surface area contributed by atoms with E-state index in [1.807, 2.05) is 61.5 Å². The molecule has 1 heterocycles. The van der Waals surface area contributed by atoms with Crippen LogP contribution in [0.3, 0.4) is 0 Å². The lowest BCUT2D eigenvalue weighted by Crippen LogP contribution is -2.28. The first kappa shape index (κ1) is 19.1. The largest absolute Gasteiger partial charge is 0.465 e. The lowest BCUT2D eigenvalue weighted by molar-refractivity contribution is -0.136. The Kier molecular flexibility index (Phi) is 5.61. The number of hydrogen-bond donors (Lipinski definition) is 0. The topological polar surface area (TPSA) is 46.6 Å². The molecule has 0 fully saturated rings. The molecule has 0 spiro atoms. The summed E-state index contributed by atoms with van der Waals surface area (Å²) >= 11 is 3.43. The maximum atomic E-state index is 13.2. The highest BCUT2D eigenvalue weighted by Gasteiger charge is 2.39. The first-order valence-electron chi connectivity index (χ1n) is 8.59. The smallest absolute Gasteiger partial charge is 0.340 e. The fraction of sp³-hybridized carbons (Fsp3) is 0.182. The number of rotatable bonds is 4. The van der Waals surface area contributed by atoms with Crippen molar-refractivity contribution in [1.82, 2.24) is 4.90 Å². The molecule has 0 aromatic heterocycles. The fourth-order valence-corrected chi connectivity index (χ4v) is 3.72. The van der Waals surface area contributed by atoms with E-state index in [-0.39, 0.29) is 11.9 Å². The minimum Gasteiger partial charge on any atom is -0.465 e. The molecule has 138 valence electrons. The molecular weight excluding hydrogens is 406 g/mol. The number of halogens is 1. The van der Waals surface area contributed by atoms with Crippen molar-refractivity contribution in [1.29, 1.82) is 0 Å². The molecule has 0 saturated carbocycles. The van der Waals surface area contributed by atoms with Crippen molar-refractivity contribution in [3.8, 4) is 0 Å². The van der Waals surface area contributed by atoms with Crippen molar-refractivity contribution in [2.75, 3.05) is 7.11 Å². The molecule has 0 radical (unpaired) electrons. The van der Waals surface area contributed by atoms with E-state index in [9.17, 15) is 9.59 Å². The highest BCUT2D eigenvalue weighted by Crippen LogP contribution is 2.37. The predicted molar refractivity (Wildman–Crippen MR) is 109 cm³/mol. The molecule has 27 heavy (non-hydrogen) atoms. The van der Waals surface area contributed by atoms with E-state index >= 15 is 0 Å². The molecular formula is C22H20BrNO3. The van der Waals surface area contributed by atoms with Crippen LogP contribution in [0, 0.1) is 0 Å². The van der Waals surface area contributed by atoms with Gasteiger partial charge in [0.1, 0.15) is 0 Å². The third-order valence-corrected chi connectivity index (χ3v) is 5.15. The minimum atomic E-state index is -0.509. The SMILES string of the molecule is COC(=O)C1=C(C)N(C(C)c2ccccc2)C(=O)C1=Cc1cccc(Br)c1. The van der Waals surface area contributed by atoms with Crippen LogP contribution in [0.2, 0.25) is 0 Å². The Morgan fingerprint density at radius 3 is 2.48 bits per heavy atom. The molecule has 2 aromatic rings. The third-order valence-electron chi connectivity index (χ3n) is 4.66. The van der Waals surface area contributed by atoms with Crippen molar-refractivity contribution in [3.63, 3.8) is 0 Å². The predicted octanol–water partition coefficient (Wildman–Crippen LogP) is 4.88. The Balaban J connectivity index is 2.09. The molecule has 0 aliphatic carbocycles. The van der Waals surface area contributed by atoms with Gasteiger partial charge in [0, 0.05) is 10.2 Å². The Hall–Kier alpha value is -2.66. The molecule has 1 aliphatic heterocycles. The van der Waals surface area contributed by atoms with E-state index in [1.165, 1.54) is 7.11 Å². The van der Waals surface area contributed by atoms with Gasteiger partial charge in [-0.1, -0.05) is 58.4 Å². The number of ether oxygens (including phenoxy) is 1. The molecule has 0 bridgehead atoms. The fourth-order valence-electron chi connectivity index (χ4n) is 3.31. The van der Waals surface area contributed by atoms with Crippen LogP contribution in [0.1, 0.15) is 31.0 Å². The zero-order valence-corrected chi connectivity index (χ0v) is 17.0. The van der Waals surface area contributed by atoms with Crippen LogP contribution in [0.25, 0.3) is 6.08 Å². The van der Waals surface area contributed by atoms with Crippen LogP contribution in [-0.4, -0.2) is 23.9 Å². The molecule has 4 nitrogen and oxygen atoms in total. The van der Waals surface area contributed by atoms with Gasteiger partial charge in [-0.3, -0.25) is 4.79 Å². The highest BCUT2D eigenvalue weighted by atomic mass is 79.9. The number of hydrogen-bond acceptors (Lipinski definition) is 3. The molecule has 0 saturated heterocycles. The first-order valence-corrected chi connectivity index (χ1v) is 9.38. The van der Waals surface area contributed by atoms with Crippen LogP contribution in [0.5, 0.6) is 0 Å². The lowest BCUT2D eigenvalue weighted by Gasteiger charge is -2.26. The highest BCUT2D eigenvalue weighted by molar-refractivity contribution is 9.10. The van der Waals surface area contributed by atoms with E-state index in [0.29, 0.717) is 16.8 Å². The molecule has 1 amide bonds. The number of nitrogens with zero attached hydrogens (tertiary/aromatic N) is 1. The normalized spacial score (nSPS) is 16.8. The zero-order valence-electron chi connectivity index (χ0n) is 15.4. The van der Waals surface area contributed by atoms with Gasteiger partial charge in [-0.15, -0.1) is 0 Å². The van der Waals surface area contributed by atoms with Gasteiger partial charge in [-0.25, -0.2) is 4.79 Å². The van der Waals surface area contributed by atoms with E-state index in [2.05, 4.69) is 15.9 Å². The molecule has 1 atom stereocenters. The van der Waals surface area contributed by atoms with E-state index in [1.54, 1.807) is 17.9 Å². The average Bonchev–Trinajstić information content (AvgIpc) is 2.91. The maximum absolute atomic E-state index is 13.2. The molecule has 5 heteroatoms. The van der Waals surface area contributed by atoms with Crippen molar-refractivity contribution in [2.24, 2.45) is 0 Å². The van der Waals surface area contributed by atoms with Gasteiger partial charge in [0.2, 0.25) is 0 Å². The Bertz CT molecular complexity index is 947. The van der Waals surface area contributed by atoms with Crippen LogP contribution in [-0.2, 0) is 14.3 Å². The second kappa shape index (κ2) is 7.92. The first-order chi connectivity index (χ1) is 12.9. The van der Waals surface area contributed by atoms with Crippen LogP contribution in [0.4, 0.5) is 0 Å². The van der Waals surface area contributed by atoms with Gasteiger partial charge < -0.3 is 9.64 Å². The van der Waals surface area contributed by atoms with Crippen LogP contribution >= 0.6 is 15.9 Å². The van der Waals surface area contributed by atoms with E-state index < -0.39 is 5.97 Å². The van der Waals surface area contributed by atoms with E-state index in [4.69, 9.17) is 4.74 Å². The number of esters is 1. The van der Waals surface area contributed by atoms with Gasteiger partial charge in [-0.05, 0) is 43.2 Å². The van der Waals surface area contributed by atoms with Crippen LogP contribution < -0.4 is 0 Å². The van der Waals surface area contributed by atoms with Gasteiger partial charge in [0.05, 0.1) is 24.3 Å². The third kappa shape index (κ3) is 3.74. The Morgan fingerprint density at radius 2 is 1.85 bits per heavy atom. The standard InChI is InChI=1S/C22H20BrNO3/c1-14(17-9-5-4-6-10-17)24-15(2)20(22(26)27-3)19(21(24)25)13-16-8-7-11-18(23)12-16/h4-14H,1-3H3. The summed E-state index contributed by atoms with van der Waals surface area (Å²) in [5, 5.41) is 0. The lowest BCUT2D eigenvalue weighted by atomic mass is 10.0. The second-order valence-corrected chi connectivity index (χ2v) is 7.24. The summed E-state index contributed by atoms with van der Waals surface area (Å²) in [6.45, 7) is 3.74. The zero-order chi connectivity index (χ0) is 19.6. The Labute approximate surface area is 167 Å². The number of methoxy groups -OCH3 is 1. The monoisotopic (exact) mass is 425 g/mol. The van der Waals surface area contributed by atoms with Gasteiger partial charge >= 0.3 is 5.97 Å². The summed E-state index contributed by atoms with van der Waals surface area (Å²) in [4.78, 5) is 27.3. The summed E-state index contributed by atoms with van der Waals surface area (Å²) in [5.41, 5.74) is 3.09. The quantitative estimate of drug-likeness (QED) is 0.517. The van der Waals surface area contributed by atoms with Gasteiger partial charge in [0.15, 0.2) is 0 Å². The molecule has 0 N–H and O–H groups in total. The average molecular weight is 426 g/mol. The van der Waals surface area contributed by atoms with Crippen molar-refractivity contribution >= 4 is 33.9 Å². The number of carbonyl (C=O) groups excluding carboxylic acids is 2. The number of amides is 1. The summed E-state index contributed by atoms with van der Waals surface area (Å²) in [5.74, 6) is -0.714. The number of carbonyl (C=O) groups is 2. The summed E-state index contributed by atoms with van der Waals surface area (Å²) in [6, 6.07) is 17.1. The molecule has 2 aromatic carbocycles. The van der Waals surface area contributed by atoms with Crippen molar-refractivity contribution in [2.45, 2.75) is 19.9 Å². The second-order valence-electron chi connectivity index (χ2n) is 6.33. The number of allylic oxidation sites excluding steroid dienone is 1. The molecule has 3 rings (SSSR count). The van der Waals surface area contributed by atoms with Crippen LogP contribution in [0.15, 0.2) is 75.9 Å². The number of benzene rings is 2.